The third-order valence-electron chi connectivity index (χ3n) is 3.43. The van der Waals surface area contributed by atoms with E-state index in [2.05, 4.69) is 25.5 Å². The minimum Gasteiger partial charge on any atom is -0.394 e. The van der Waals surface area contributed by atoms with Crippen molar-refractivity contribution in [3.8, 4) is 11.4 Å². The molecule has 0 bridgehead atoms. The molecule has 0 aliphatic heterocycles. The molecule has 24 heavy (non-hydrogen) atoms. The first-order chi connectivity index (χ1) is 11.4. The molecule has 3 aromatic rings. The van der Waals surface area contributed by atoms with E-state index in [4.69, 9.17) is 5.11 Å². The van der Waals surface area contributed by atoms with Crippen molar-refractivity contribution in [3.63, 3.8) is 0 Å². The number of nitrogens with zero attached hydrogens (tertiary/aromatic N) is 3. The fourth-order valence-electron chi connectivity index (χ4n) is 2.28. The van der Waals surface area contributed by atoms with E-state index in [-0.39, 0.29) is 29.9 Å². The molecule has 3 rings (SSSR count). The Morgan fingerprint density at radius 2 is 2.04 bits per heavy atom. The second-order valence-corrected chi connectivity index (χ2v) is 5.29. The molecule has 0 fully saturated rings. The van der Waals surface area contributed by atoms with Gasteiger partial charge in [-0.05, 0) is 31.2 Å². The van der Waals surface area contributed by atoms with Gasteiger partial charge in [0, 0.05) is 17.6 Å². The molecular formula is C15H14F3N5O. The van der Waals surface area contributed by atoms with Crippen molar-refractivity contribution in [2.45, 2.75) is 19.1 Å². The van der Waals surface area contributed by atoms with Gasteiger partial charge in [-0.3, -0.25) is 5.10 Å². The Hall–Kier alpha value is -2.68. The molecule has 9 heteroatoms. The highest BCUT2D eigenvalue weighted by atomic mass is 19.4. The van der Waals surface area contributed by atoms with Gasteiger partial charge in [0.2, 0.25) is 0 Å². The van der Waals surface area contributed by atoms with Gasteiger partial charge < -0.3 is 10.4 Å². The second-order valence-electron chi connectivity index (χ2n) is 5.29. The van der Waals surface area contributed by atoms with Crippen LogP contribution in [0.2, 0.25) is 0 Å². The summed E-state index contributed by atoms with van der Waals surface area (Å²) in [5.74, 6) is 0.222. The maximum absolute atomic E-state index is 13.3. The average Bonchev–Trinajstić information content (AvgIpc) is 2.97. The van der Waals surface area contributed by atoms with Crippen LogP contribution in [-0.4, -0.2) is 37.9 Å². The van der Waals surface area contributed by atoms with E-state index < -0.39 is 11.7 Å². The Labute approximate surface area is 134 Å². The molecule has 3 aromatic heterocycles. The number of aliphatic hydroxyl groups excluding tert-OH is 1. The largest absolute Gasteiger partial charge is 0.418 e. The van der Waals surface area contributed by atoms with E-state index in [0.29, 0.717) is 11.0 Å². The molecule has 0 radical (unpaired) electrons. The molecule has 1 unspecified atom stereocenters. The van der Waals surface area contributed by atoms with Crippen LogP contribution in [0.3, 0.4) is 0 Å². The number of fused-ring (bicyclic) bond motifs is 1. The third kappa shape index (κ3) is 3.02. The Kier molecular flexibility index (Phi) is 4.10. The molecule has 1 atom stereocenters. The Balaban J connectivity index is 2.17. The van der Waals surface area contributed by atoms with Gasteiger partial charge in [0.15, 0.2) is 5.65 Å². The number of aromatic amines is 1. The van der Waals surface area contributed by atoms with Gasteiger partial charge in [-0.2, -0.15) is 18.3 Å². The van der Waals surface area contributed by atoms with Crippen LogP contribution in [0.25, 0.3) is 22.4 Å². The molecule has 0 spiro atoms. The smallest absolute Gasteiger partial charge is 0.394 e. The number of pyridine rings is 2. The monoisotopic (exact) mass is 337 g/mol. The van der Waals surface area contributed by atoms with Crippen molar-refractivity contribution < 1.29 is 18.3 Å². The lowest BCUT2D eigenvalue weighted by Gasteiger charge is -2.15. The predicted molar refractivity (Wildman–Crippen MR) is 82.3 cm³/mol. The quantitative estimate of drug-likeness (QED) is 0.681. The number of aliphatic hydroxyl groups is 1. The molecule has 0 saturated heterocycles. The zero-order valence-electron chi connectivity index (χ0n) is 12.6. The number of aromatic nitrogens is 4. The van der Waals surface area contributed by atoms with Crippen molar-refractivity contribution in [2.24, 2.45) is 0 Å². The van der Waals surface area contributed by atoms with Crippen LogP contribution < -0.4 is 5.32 Å². The molecule has 3 heterocycles. The fraction of sp³-hybridized carbons (Fsp3) is 0.267. The minimum absolute atomic E-state index is 0.0747. The van der Waals surface area contributed by atoms with Crippen LogP contribution in [0.1, 0.15) is 12.5 Å². The van der Waals surface area contributed by atoms with E-state index in [1.165, 1.54) is 12.3 Å². The Morgan fingerprint density at radius 3 is 2.75 bits per heavy atom. The van der Waals surface area contributed by atoms with Crippen molar-refractivity contribution in [3.05, 3.63) is 36.0 Å². The first-order valence-electron chi connectivity index (χ1n) is 7.15. The van der Waals surface area contributed by atoms with Crippen molar-refractivity contribution >= 4 is 16.9 Å². The van der Waals surface area contributed by atoms with Crippen LogP contribution in [0.5, 0.6) is 0 Å². The normalized spacial score (nSPS) is 13.2. The summed E-state index contributed by atoms with van der Waals surface area (Å²) in [5.41, 5.74) is -0.728. The summed E-state index contributed by atoms with van der Waals surface area (Å²) in [6.45, 7) is 1.51. The highest BCUT2D eigenvalue weighted by molar-refractivity contribution is 5.90. The van der Waals surface area contributed by atoms with Crippen LogP contribution in [0.15, 0.2) is 30.5 Å². The number of hydrogen-bond donors (Lipinski definition) is 3. The first kappa shape index (κ1) is 16.2. The summed E-state index contributed by atoms with van der Waals surface area (Å²) in [7, 11) is 0. The zero-order chi connectivity index (χ0) is 17.3. The predicted octanol–water partition coefficient (Wildman–Crippen LogP) is 2.83. The van der Waals surface area contributed by atoms with Gasteiger partial charge in [-0.1, -0.05) is 0 Å². The number of halogens is 3. The number of anilines is 1. The number of rotatable bonds is 4. The van der Waals surface area contributed by atoms with E-state index in [9.17, 15) is 13.2 Å². The molecule has 126 valence electrons. The van der Waals surface area contributed by atoms with Crippen molar-refractivity contribution in [1.29, 1.82) is 0 Å². The molecule has 0 aliphatic rings. The Bertz CT molecular complexity index is 862. The minimum atomic E-state index is -4.57. The highest BCUT2D eigenvalue weighted by Gasteiger charge is 2.36. The summed E-state index contributed by atoms with van der Waals surface area (Å²) in [4.78, 5) is 8.09. The van der Waals surface area contributed by atoms with Crippen molar-refractivity contribution in [1.82, 2.24) is 20.2 Å². The average molecular weight is 337 g/mol. The van der Waals surface area contributed by atoms with Crippen LogP contribution in [0.4, 0.5) is 19.0 Å². The molecular weight excluding hydrogens is 323 g/mol. The first-order valence-corrected chi connectivity index (χ1v) is 7.15. The third-order valence-corrected chi connectivity index (χ3v) is 3.43. The molecule has 0 amide bonds. The van der Waals surface area contributed by atoms with Gasteiger partial charge in [-0.25, -0.2) is 9.97 Å². The number of H-pyrrole nitrogens is 1. The zero-order valence-corrected chi connectivity index (χ0v) is 12.6. The summed E-state index contributed by atoms with van der Waals surface area (Å²) < 4.78 is 40.0. The van der Waals surface area contributed by atoms with Gasteiger partial charge in [0.25, 0.3) is 0 Å². The standard InChI is InChI=1S/C15H14F3N5O/c1-8(7-24)20-11-5-4-10(15(16,17)18)13(21-11)12-9-3-2-6-19-14(9)23-22-12/h2-6,8,24H,7H2,1H3,(H,20,21)(H,19,22,23). The van der Waals surface area contributed by atoms with Gasteiger partial charge in [-0.15, -0.1) is 0 Å². The van der Waals surface area contributed by atoms with Crippen LogP contribution in [0, 0.1) is 0 Å². The van der Waals surface area contributed by atoms with Crippen LogP contribution >= 0.6 is 0 Å². The van der Waals surface area contributed by atoms with Crippen molar-refractivity contribution in [2.75, 3.05) is 11.9 Å². The maximum Gasteiger partial charge on any atom is 0.418 e. The molecule has 3 N–H and O–H groups in total. The van der Waals surface area contributed by atoms with Gasteiger partial charge in [0.1, 0.15) is 17.2 Å². The Morgan fingerprint density at radius 1 is 1.25 bits per heavy atom. The topological polar surface area (TPSA) is 86.7 Å². The summed E-state index contributed by atoms with van der Waals surface area (Å²) >= 11 is 0. The highest BCUT2D eigenvalue weighted by Crippen LogP contribution is 2.38. The molecule has 0 saturated carbocycles. The van der Waals surface area contributed by atoms with Gasteiger partial charge in [0.05, 0.1) is 12.2 Å². The number of hydrogen-bond acceptors (Lipinski definition) is 5. The lowest BCUT2D eigenvalue weighted by Crippen LogP contribution is -2.20. The summed E-state index contributed by atoms with van der Waals surface area (Å²) in [6.07, 6.45) is -3.06. The fourth-order valence-corrected chi connectivity index (χ4v) is 2.28. The molecule has 0 aromatic carbocycles. The van der Waals surface area contributed by atoms with E-state index in [1.807, 2.05) is 0 Å². The maximum atomic E-state index is 13.3. The lowest BCUT2D eigenvalue weighted by atomic mass is 10.1. The number of nitrogens with one attached hydrogen (secondary N) is 2. The summed E-state index contributed by atoms with van der Waals surface area (Å²) in [5, 5.41) is 18.9. The van der Waals surface area contributed by atoms with E-state index >= 15 is 0 Å². The molecule has 6 nitrogen and oxygen atoms in total. The van der Waals surface area contributed by atoms with E-state index in [0.717, 1.165) is 6.07 Å². The van der Waals surface area contributed by atoms with Gasteiger partial charge >= 0.3 is 6.18 Å². The summed E-state index contributed by atoms with van der Waals surface area (Å²) in [6, 6.07) is 5.07. The second kappa shape index (κ2) is 6.08. The van der Waals surface area contributed by atoms with Crippen LogP contribution in [-0.2, 0) is 6.18 Å². The molecule has 0 aliphatic carbocycles. The van der Waals surface area contributed by atoms with E-state index in [1.54, 1.807) is 19.1 Å². The number of alkyl halides is 3. The lowest BCUT2D eigenvalue weighted by molar-refractivity contribution is -0.137. The SMILES string of the molecule is CC(CO)Nc1ccc(C(F)(F)F)c(-c2n[nH]c3ncccc23)n1.